The molecule has 0 fully saturated rings. The summed E-state index contributed by atoms with van der Waals surface area (Å²) >= 11 is 0. The van der Waals surface area contributed by atoms with Gasteiger partial charge in [-0.25, -0.2) is 0 Å². The van der Waals surface area contributed by atoms with Crippen LogP contribution in [-0.2, 0) is 11.3 Å². The zero-order valence-electron chi connectivity index (χ0n) is 17.5. The maximum Gasteiger partial charge on any atom is 0.251 e. The molecule has 6 heteroatoms. The van der Waals surface area contributed by atoms with Gasteiger partial charge in [-0.1, -0.05) is 45.0 Å². The third kappa shape index (κ3) is 6.52. The molecule has 1 unspecified atom stereocenters. The SMILES string of the molecule is CCCOc1ccc(CNC(=O)C(NC(=O)c2ccccc2)C(C)C)cc1OC. The van der Waals surface area contributed by atoms with E-state index in [0.29, 0.717) is 30.2 Å². The van der Waals surface area contributed by atoms with E-state index < -0.39 is 6.04 Å². The van der Waals surface area contributed by atoms with Gasteiger partial charge in [-0.3, -0.25) is 9.59 Å². The van der Waals surface area contributed by atoms with Gasteiger partial charge in [0, 0.05) is 12.1 Å². The summed E-state index contributed by atoms with van der Waals surface area (Å²) in [5, 5.41) is 5.73. The zero-order valence-corrected chi connectivity index (χ0v) is 17.5. The molecule has 156 valence electrons. The number of methoxy groups -OCH3 is 1. The Bertz CT molecular complexity index is 806. The number of hydrogen-bond donors (Lipinski definition) is 2. The fourth-order valence-corrected chi connectivity index (χ4v) is 2.80. The number of carbonyl (C=O) groups excluding carboxylic acids is 2. The molecule has 0 aromatic heterocycles. The maximum absolute atomic E-state index is 12.7. The van der Waals surface area contributed by atoms with Crippen LogP contribution in [0.2, 0.25) is 0 Å². The van der Waals surface area contributed by atoms with Crippen molar-refractivity contribution in [3.8, 4) is 11.5 Å². The second-order valence-electron chi connectivity index (χ2n) is 7.11. The molecule has 2 N–H and O–H groups in total. The van der Waals surface area contributed by atoms with Crippen LogP contribution in [0.25, 0.3) is 0 Å². The molecule has 29 heavy (non-hydrogen) atoms. The van der Waals surface area contributed by atoms with Gasteiger partial charge in [-0.05, 0) is 42.2 Å². The Morgan fingerprint density at radius 2 is 1.76 bits per heavy atom. The minimum Gasteiger partial charge on any atom is -0.493 e. The summed E-state index contributed by atoms with van der Waals surface area (Å²) in [4.78, 5) is 25.1. The summed E-state index contributed by atoms with van der Waals surface area (Å²) in [6.07, 6.45) is 0.909. The van der Waals surface area contributed by atoms with Crippen molar-refractivity contribution in [3.63, 3.8) is 0 Å². The molecule has 2 aromatic carbocycles. The topological polar surface area (TPSA) is 76.7 Å². The zero-order chi connectivity index (χ0) is 21.2. The number of carbonyl (C=O) groups is 2. The smallest absolute Gasteiger partial charge is 0.251 e. The molecule has 2 amide bonds. The third-order valence-electron chi connectivity index (χ3n) is 4.43. The maximum atomic E-state index is 12.7. The number of ether oxygens (including phenoxy) is 2. The largest absolute Gasteiger partial charge is 0.493 e. The van der Waals surface area contributed by atoms with E-state index in [1.165, 1.54) is 0 Å². The highest BCUT2D eigenvalue weighted by molar-refractivity contribution is 5.97. The molecule has 0 saturated carbocycles. The Labute approximate surface area is 172 Å². The summed E-state index contributed by atoms with van der Waals surface area (Å²) in [5.74, 6) is 0.762. The normalized spacial score (nSPS) is 11.6. The van der Waals surface area contributed by atoms with Crippen molar-refractivity contribution in [2.24, 2.45) is 5.92 Å². The van der Waals surface area contributed by atoms with Crippen LogP contribution in [0.4, 0.5) is 0 Å². The van der Waals surface area contributed by atoms with Crippen molar-refractivity contribution in [3.05, 3.63) is 59.7 Å². The molecular weight excluding hydrogens is 368 g/mol. The van der Waals surface area contributed by atoms with Crippen molar-refractivity contribution in [1.29, 1.82) is 0 Å². The first-order chi connectivity index (χ1) is 14.0. The van der Waals surface area contributed by atoms with Gasteiger partial charge in [0.1, 0.15) is 6.04 Å². The number of rotatable bonds is 10. The van der Waals surface area contributed by atoms with Gasteiger partial charge >= 0.3 is 0 Å². The van der Waals surface area contributed by atoms with E-state index in [0.717, 1.165) is 12.0 Å². The molecule has 0 saturated heterocycles. The lowest BCUT2D eigenvalue weighted by molar-refractivity contribution is -0.124. The van der Waals surface area contributed by atoms with Crippen LogP contribution in [-0.4, -0.2) is 31.6 Å². The predicted molar refractivity (Wildman–Crippen MR) is 113 cm³/mol. The monoisotopic (exact) mass is 398 g/mol. The van der Waals surface area contributed by atoms with Crippen LogP contribution in [0.5, 0.6) is 11.5 Å². The Morgan fingerprint density at radius 3 is 2.38 bits per heavy atom. The van der Waals surface area contributed by atoms with Gasteiger partial charge in [0.2, 0.25) is 5.91 Å². The second-order valence-corrected chi connectivity index (χ2v) is 7.11. The van der Waals surface area contributed by atoms with Crippen LogP contribution < -0.4 is 20.1 Å². The molecular formula is C23H30N2O4. The van der Waals surface area contributed by atoms with Gasteiger partial charge in [0.25, 0.3) is 5.91 Å². The lowest BCUT2D eigenvalue weighted by Gasteiger charge is -2.22. The second kappa shape index (κ2) is 11.1. The summed E-state index contributed by atoms with van der Waals surface area (Å²) in [5.41, 5.74) is 1.41. The highest BCUT2D eigenvalue weighted by atomic mass is 16.5. The fourth-order valence-electron chi connectivity index (χ4n) is 2.80. The van der Waals surface area contributed by atoms with Crippen LogP contribution >= 0.6 is 0 Å². The number of benzene rings is 2. The molecule has 1 atom stereocenters. The standard InChI is InChI=1S/C23H30N2O4/c1-5-13-29-19-12-11-17(14-20(19)28-4)15-24-23(27)21(16(2)3)25-22(26)18-9-7-6-8-10-18/h6-12,14,16,21H,5,13,15H2,1-4H3,(H,24,27)(H,25,26). The molecule has 2 aromatic rings. The molecule has 0 aliphatic heterocycles. The van der Waals surface area contributed by atoms with E-state index in [1.54, 1.807) is 31.4 Å². The summed E-state index contributed by atoms with van der Waals surface area (Å²) in [6.45, 7) is 6.78. The minimum atomic E-state index is -0.628. The summed E-state index contributed by atoms with van der Waals surface area (Å²) in [6, 6.07) is 13.8. The first kappa shape index (κ1) is 22.3. The van der Waals surface area contributed by atoms with Crippen LogP contribution in [0.1, 0.15) is 43.1 Å². The Balaban J connectivity index is 2.00. The van der Waals surface area contributed by atoms with Gasteiger partial charge in [0.15, 0.2) is 11.5 Å². The summed E-state index contributed by atoms with van der Waals surface area (Å²) < 4.78 is 11.0. The Morgan fingerprint density at radius 1 is 1.03 bits per heavy atom. The van der Waals surface area contributed by atoms with E-state index in [1.807, 2.05) is 45.0 Å². The van der Waals surface area contributed by atoms with Crippen LogP contribution in [0, 0.1) is 5.92 Å². The summed E-state index contributed by atoms with van der Waals surface area (Å²) in [7, 11) is 1.59. The average Bonchev–Trinajstić information content (AvgIpc) is 2.74. The Kier molecular flexibility index (Phi) is 8.52. The molecule has 2 rings (SSSR count). The van der Waals surface area contributed by atoms with Crippen LogP contribution in [0.15, 0.2) is 48.5 Å². The predicted octanol–water partition coefficient (Wildman–Crippen LogP) is 3.55. The van der Waals surface area contributed by atoms with Crippen LogP contribution in [0.3, 0.4) is 0 Å². The molecule has 0 aliphatic rings. The first-order valence-corrected chi connectivity index (χ1v) is 9.89. The van der Waals surface area contributed by atoms with E-state index in [9.17, 15) is 9.59 Å². The quantitative estimate of drug-likeness (QED) is 0.642. The lowest BCUT2D eigenvalue weighted by Crippen LogP contribution is -2.49. The van der Waals surface area contributed by atoms with Gasteiger partial charge < -0.3 is 20.1 Å². The highest BCUT2D eigenvalue weighted by Crippen LogP contribution is 2.28. The molecule has 6 nitrogen and oxygen atoms in total. The number of hydrogen-bond acceptors (Lipinski definition) is 4. The van der Waals surface area contributed by atoms with E-state index in [-0.39, 0.29) is 17.7 Å². The molecule has 0 bridgehead atoms. The lowest BCUT2D eigenvalue weighted by atomic mass is 10.0. The van der Waals surface area contributed by atoms with Gasteiger partial charge in [0.05, 0.1) is 13.7 Å². The van der Waals surface area contributed by atoms with Crippen molar-refractivity contribution in [1.82, 2.24) is 10.6 Å². The molecule has 0 aliphatic carbocycles. The number of amides is 2. The third-order valence-corrected chi connectivity index (χ3v) is 4.43. The number of nitrogens with one attached hydrogen (secondary N) is 2. The minimum absolute atomic E-state index is 0.0537. The van der Waals surface area contributed by atoms with Crippen molar-refractivity contribution >= 4 is 11.8 Å². The van der Waals surface area contributed by atoms with Gasteiger partial charge in [-0.15, -0.1) is 0 Å². The van der Waals surface area contributed by atoms with Gasteiger partial charge in [-0.2, -0.15) is 0 Å². The average molecular weight is 399 g/mol. The molecule has 0 heterocycles. The van der Waals surface area contributed by atoms with Crippen molar-refractivity contribution in [2.75, 3.05) is 13.7 Å². The van der Waals surface area contributed by atoms with Crippen molar-refractivity contribution in [2.45, 2.75) is 39.8 Å². The first-order valence-electron chi connectivity index (χ1n) is 9.89. The van der Waals surface area contributed by atoms with E-state index in [4.69, 9.17) is 9.47 Å². The Hall–Kier alpha value is -3.02. The van der Waals surface area contributed by atoms with E-state index in [2.05, 4.69) is 10.6 Å². The van der Waals surface area contributed by atoms with E-state index >= 15 is 0 Å². The molecule has 0 spiro atoms. The van der Waals surface area contributed by atoms with Crippen molar-refractivity contribution < 1.29 is 19.1 Å². The highest BCUT2D eigenvalue weighted by Gasteiger charge is 2.24. The molecule has 0 radical (unpaired) electrons. The fraction of sp³-hybridized carbons (Fsp3) is 0.391.